The van der Waals surface area contributed by atoms with E-state index in [1.54, 1.807) is 0 Å². The maximum atomic E-state index is 10.2. The lowest BCUT2D eigenvalue weighted by atomic mass is 10.8. The van der Waals surface area contributed by atoms with E-state index in [9.17, 15) is 4.79 Å². The third-order valence-electron chi connectivity index (χ3n) is 0.736. The van der Waals surface area contributed by atoms with Crippen molar-refractivity contribution in [1.29, 1.82) is 0 Å². The number of amides is 1. The summed E-state index contributed by atoms with van der Waals surface area (Å²) in [6.07, 6.45) is 1.45. The smallest absolute Gasteiger partial charge is 0.227 e. The minimum absolute atomic E-state index is 0.220. The molecule has 0 fully saturated rings. The Morgan fingerprint density at radius 2 is 2.70 bits per heavy atom. The van der Waals surface area contributed by atoms with Gasteiger partial charge in [0.05, 0.1) is 5.75 Å². The molecule has 0 aliphatic carbocycles. The molecular formula is C4H6N4OS. The molecular weight excluding hydrogens is 152 g/mol. The van der Waals surface area contributed by atoms with Gasteiger partial charge >= 0.3 is 0 Å². The van der Waals surface area contributed by atoms with E-state index < -0.39 is 0 Å². The molecule has 1 heterocycles. The third kappa shape index (κ3) is 2.06. The summed E-state index contributed by atoms with van der Waals surface area (Å²) >= 11 is 1.21. The highest BCUT2D eigenvalue weighted by atomic mass is 32.2. The van der Waals surface area contributed by atoms with Gasteiger partial charge in [-0.25, -0.2) is 4.98 Å². The maximum absolute atomic E-state index is 10.2. The van der Waals surface area contributed by atoms with Gasteiger partial charge in [0.2, 0.25) is 11.1 Å². The van der Waals surface area contributed by atoms with Crippen molar-refractivity contribution >= 4 is 17.7 Å². The van der Waals surface area contributed by atoms with Crippen LogP contribution in [0.3, 0.4) is 0 Å². The van der Waals surface area contributed by atoms with E-state index in [0.29, 0.717) is 5.16 Å². The normalized spacial score (nSPS) is 9.60. The van der Waals surface area contributed by atoms with Gasteiger partial charge in [-0.05, 0) is 0 Å². The molecule has 10 heavy (non-hydrogen) atoms. The summed E-state index contributed by atoms with van der Waals surface area (Å²) in [5, 5.41) is 6.77. The Kier molecular flexibility index (Phi) is 2.27. The van der Waals surface area contributed by atoms with Crippen LogP contribution in [0, 0.1) is 0 Å². The summed E-state index contributed by atoms with van der Waals surface area (Å²) < 4.78 is 0. The van der Waals surface area contributed by atoms with E-state index in [2.05, 4.69) is 15.2 Å². The van der Waals surface area contributed by atoms with Crippen molar-refractivity contribution in [3.63, 3.8) is 0 Å². The van der Waals surface area contributed by atoms with E-state index in [0.717, 1.165) is 0 Å². The average molecular weight is 158 g/mol. The summed E-state index contributed by atoms with van der Waals surface area (Å²) in [6.45, 7) is 0. The zero-order valence-electron chi connectivity index (χ0n) is 5.07. The number of carbonyl (C=O) groups is 1. The minimum atomic E-state index is -0.366. The molecule has 6 heteroatoms. The maximum Gasteiger partial charge on any atom is 0.227 e. The first-order valence-electron chi connectivity index (χ1n) is 2.56. The van der Waals surface area contributed by atoms with Crippen LogP contribution in [0.2, 0.25) is 0 Å². The number of nitrogens with zero attached hydrogens (tertiary/aromatic N) is 2. The Bertz CT molecular complexity index is 209. The van der Waals surface area contributed by atoms with E-state index in [4.69, 9.17) is 5.73 Å². The number of nitrogens with two attached hydrogens (primary N) is 1. The fourth-order valence-corrected chi connectivity index (χ4v) is 0.918. The SMILES string of the molecule is NC(=O)CSc1nc[nH]n1. The Hall–Kier alpha value is -1.04. The molecule has 0 bridgehead atoms. The van der Waals surface area contributed by atoms with Crippen molar-refractivity contribution < 1.29 is 4.79 Å². The van der Waals surface area contributed by atoms with Gasteiger partial charge in [-0.2, -0.15) is 0 Å². The summed E-state index contributed by atoms with van der Waals surface area (Å²) in [5.74, 6) is -0.146. The second-order valence-electron chi connectivity index (χ2n) is 1.54. The molecule has 0 aliphatic heterocycles. The molecule has 54 valence electrons. The lowest BCUT2D eigenvalue weighted by Gasteiger charge is -1.87. The number of hydrogen-bond donors (Lipinski definition) is 2. The van der Waals surface area contributed by atoms with Crippen LogP contribution < -0.4 is 5.73 Å². The standard InChI is InChI=1S/C4H6N4OS/c5-3(9)1-10-4-6-2-7-8-4/h2H,1H2,(H2,5,9)(H,6,7,8). The number of aromatic nitrogens is 3. The number of primary amides is 1. The minimum Gasteiger partial charge on any atom is -0.369 e. The van der Waals surface area contributed by atoms with Crippen molar-refractivity contribution in [3.8, 4) is 0 Å². The third-order valence-corrected chi connectivity index (χ3v) is 1.62. The predicted octanol–water partition coefficient (Wildman–Crippen LogP) is -0.618. The van der Waals surface area contributed by atoms with Crippen molar-refractivity contribution in [1.82, 2.24) is 15.2 Å². The van der Waals surface area contributed by atoms with Gasteiger partial charge in [-0.15, -0.1) is 5.10 Å². The molecule has 0 spiro atoms. The quantitative estimate of drug-likeness (QED) is 0.574. The second-order valence-corrected chi connectivity index (χ2v) is 2.48. The molecule has 0 saturated heterocycles. The van der Waals surface area contributed by atoms with Gasteiger partial charge in [-0.1, -0.05) is 11.8 Å². The van der Waals surface area contributed by atoms with Crippen LogP contribution in [0.25, 0.3) is 0 Å². The molecule has 1 rings (SSSR count). The highest BCUT2D eigenvalue weighted by Crippen LogP contribution is 2.08. The molecule has 0 unspecified atom stereocenters. The van der Waals surface area contributed by atoms with Crippen molar-refractivity contribution in [3.05, 3.63) is 6.33 Å². The molecule has 0 aromatic carbocycles. The van der Waals surface area contributed by atoms with E-state index >= 15 is 0 Å². The second kappa shape index (κ2) is 3.21. The number of nitrogens with one attached hydrogen (secondary N) is 1. The monoisotopic (exact) mass is 158 g/mol. The molecule has 0 radical (unpaired) electrons. The highest BCUT2D eigenvalue weighted by molar-refractivity contribution is 7.99. The van der Waals surface area contributed by atoms with Gasteiger partial charge in [0.25, 0.3) is 0 Å². The van der Waals surface area contributed by atoms with Gasteiger partial charge in [0.1, 0.15) is 6.33 Å². The molecule has 0 atom stereocenters. The Morgan fingerprint density at radius 3 is 3.20 bits per heavy atom. The number of thioether (sulfide) groups is 1. The number of H-pyrrole nitrogens is 1. The first-order chi connectivity index (χ1) is 4.79. The molecule has 5 nitrogen and oxygen atoms in total. The van der Waals surface area contributed by atoms with Gasteiger partial charge in [0.15, 0.2) is 0 Å². The molecule has 0 saturated carbocycles. The zero-order valence-corrected chi connectivity index (χ0v) is 5.89. The van der Waals surface area contributed by atoms with Crippen molar-refractivity contribution in [2.24, 2.45) is 5.73 Å². The van der Waals surface area contributed by atoms with E-state index in [1.807, 2.05) is 0 Å². The number of rotatable bonds is 3. The van der Waals surface area contributed by atoms with Gasteiger partial charge in [0, 0.05) is 0 Å². The molecule has 0 aliphatic rings. The lowest BCUT2D eigenvalue weighted by Crippen LogP contribution is -2.13. The molecule has 1 amide bonds. The Morgan fingerprint density at radius 1 is 1.90 bits per heavy atom. The topological polar surface area (TPSA) is 84.7 Å². The average Bonchev–Trinajstić information content (AvgIpc) is 2.34. The Balaban J connectivity index is 2.35. The van der Waals surface area contributed by atoms with Gasteiger partial charge < -0.3 is 5.73 Å². The highest BCUT2D eigenvalue weighted by Gasteiger charge is 1.99. The number of carbonyl (C=O) groups excluding carboxylic acids is 1. The fraction of sp³-hybridized carbons (Fsp3) is 0.250. The predicted molar refractivity (Wildman–Crippen MR) is 36.3 cm³/mol. The van der Waals surface area contributed by atoms with Crippen molar-refractivity contribution in [2.45, 2.75) is 5.16 Å². The summed E-state index contributed by atoms with van der Waals surface area (Å²) in [5.41, 5.74) is 4.88. The Labute approximate surface area is 61.4 Å². The van der Waals surface area contributed by atoms with Gasteiger partial charge in [-0.3, -0.25) is 9.89 Å². The van der Waals surface area contributed by atoms with Crippen LogP contribution in [0.5, 0.6) is 0 Å². The van der Waals surface area contributed by atoms with Crippen LogP contribution in [0.4, 0.5) is 0 Å². The summed E-state index contributed by atoms with van der Waals surface area (Å²) in [7, 11) is 0. The molecule has 1 aromatic heterocycles. The van der Waals surface area contributed by atoms with E-state index in [1.165, 1.54) is 18.1 Å². The molecule has 3 N–H and O–H groups in total. The van der Waals surface area contributed by atoms with Crippen LogP contribution in [-0.4, -0.2) is 26.8 Å². The van der Waals surface area contributed by atoms with Crippen LogP contribution in [0.1, 0.15) is 0 Å². The lowest BCUT2D eigenvalue weighted by molar-refractivity contribution is -0.115. The number of hydrogen-bond acceptors (Lipinski definition) is 4. The van der Waals surface area contributed by atoms with E-state index in [-0.39, 0.29) is 11.7 Å². The first-order valence-corrected chi connectivity index (χ1v) is 3.54. The summed E-state index contributed by atoms with van der Waals surface area (Å²) in [4.78, 5) is 14.0. The zero-order chi connectivity index (χ0) is 7.40. The van der Waals surface area contributed by atoms with Crippen molar-refractivity contribution in [2.75, 3.05) is 5.75 Å². The molecule has 1 aromatic rings. The fourth-order valence-electron chi connectivity index (χ4n) is 0.402. The van der Waals surface area contributed by atoms with Crippen LogP contribution in [-0.2, 0) is 4.79 Å². The number of aromatic amines is 1. The first kappa shape index (κ1) is 7.07. The summed E-state index contributed by atoms with van der Waals surface area (Å²) in [6, 6.07) is 0. The largest absolute Gasteiger partial charge is 0.369 e. The van der Waals surface area contributed by atoms with Crippen LogP contribution >= 0.6 is 11.8 Å². The van der Waals surface area contributed by atoms with Crippen LogP contribution in [0.15, 0.2) is 11.5 Å².